The van der Waals surface area contributed by atoms with E-state index in [2.05, 4.69) is 27.7 Å². The van der Waals surface area contributed by atoms with E-state index in [9.17, 15) is 9.59 Å². The number of nitrogens with zero attached hydrogens (tertiary/aromatic N) is 2. The van der Waals surface area contributed by atoms with E-state index in [0.29, 0.717) is 13.0 Å². The number of hydrogen-bond donors (Lipinski definition) is 2. The first-order valence-corrected chi connectivity index (χ1v) is 8.57. The summed E-state index contributed by atoms with van der Waals surface area (Å²) in [5, 5.41) is 5.65. The van der Waals surface area contributed by atoms with Gasteiger partial charge in [-0.05, 0) is 37.5 Å². The second kappa shape index (κ2) is 8.57. The third kappa shape index (κ3) is 5.15. The van der Waals surface area contributed by atoms with Crippen molar-refractivity contribution in [3.63, 3.8) is 0 Å². The lowest BCUT2D eigenvalue weighted by molar-refractivity contribution is -0.128. The number of carbonyl (C=O) groups excluding carboxylic acids is 2. The fourth-order valence-electron chi connectivity index (χ4n) is 2.80. The Morgan fingerprint density at radius 2 is 1.96 bits per heavy atom. The molecule has 0 aliphatic carbocycles. The van der Waals surface area contributed by atoms with Crippen LogP contribution in [0.15, 0.2) is 24.3 Å². The van der Waals surface area contributed by atoms with Crippen molar-refractivity contribution in [2.45, 2.75) is 32.2 Å². The number of urea groups is 1. The molecule has 1 fully saturated rings. The summed E-state index contributed by atoms with van der Waals surface area (Å²) in [7, 11) is 3.41. The molecule has 0 spiro atoms. The fraction of sp³-hybridized carbons (Fsp3) is 0.556. The second-order valence-electron chi connectivity index (χ2n) is 6.45. The van der Waals surface area contributed by atoms with E-state index in [0.717, 1.165) is 18.7 Å². The zero-order chi connectivity index (χ0) is 17.5. The summed E-state index contributed by atoms with van der Waals surface area (Å²) in [4.78, 5) is 27.3. The Morgan fingerprint density at radius 1 is 1.25 bits per heavy atom. The maximum atomic E-state index is 12.0. The molecule has 1 aromatic carbocycles. The van der Waals surface area contributed by atoms with Crippen LogP contribution in [-0.4, -0.2) is 50.6 Å². The maximum absolute atomic E-state index is 12.0. The molecule has 0 aromatic heterocycles. The predicted molar refractivity (Wildman–Crippen MR) is 96.1 cm³/mol. The lowest BCUT2D eigenvalue weighted by Gasteiger charge is -2.21. The van der Waals surface area contributed by atoms with Crippen LogP contribution in [-0.2, 0) is 4.79 Å². The van der Waals surface area contributed by atoms with Crippen molar-refractivity contribution >= 4 is 17.6 Å². The van der Waals surface area contributed by atoms with Crippen LogP contribution >= 0.6 is 0 Å². The van der Waals surface area contributed by atoms with E-state index in [1.165, 1.54) is 23.4 Å². The first-order chi connectivity index (χ1) is 11.5. The number of carbonyl (C=O) groups is 2. The zero-order valence-electron chi connectivity index (χ0n) is 14.8. The van der Waals surface area contributed by atoms with Gasteiger partial charge in [0.15, 0.2) is 0 Å². The molecule has 0 radical (unpaired) electrons. The van der Waals surface area contributed by atoms with Crippen molar-refractivity contribution < 1.29 is 9.59 Å². The van der Waals surface area contributed by atoms with E-state index < -0.39 is 0 Å². The summed E-state index contributed by atoms with van der Waals surface area (Å²) < 4.78 is 0. The minimum Gasteiger partial charge on any atom is -0.372 e. The number of hydrogen-bond acceptors (Lipinski definition) is 3. The van der Waals surface area contributed by atoms with Crippen LogP contribution < -0.4 is 15.5 Å². The van der Waals surface area contributed by atoms with Crippen LogP contribution in [0.25, 0.3) is 0 Å². The first-order valence-electron chi connectivity index (χ1n) is 8.57. The molecule has 132 valence electrons. The molecule has 1 unspecified atom stereocenters. The summed E-state index contributed by atoms with van der Waals surface area (Å²) in [5.41, 5.74) is 2.30. The highest BCUT2D eigenvalue weighted by atomic mass is 16.2. The average Bonchev–Trinajstić information content (AvgIpc) is 3.09. The molecule has 24 heavy (non-hydrogen) atoms. The number of benzene rings is 1. The van der Waals surface area contributed by atoms with E-state index in [-0.39, 0.29) is 18.0 Å². The third-order valence-electron chi connectivity index (χ3n) is 4.31. The summed E-state index contributed by atoms with van der Waals surface area (Å²) in [5.74, 6) is 0.00154. The third-order valence-corrected chi connectivity index (χ3v) is 4.31. The summed E-state index contributed by atoms with van der Waals surface area (Å²) in [6, 6.07) is 7.99. The number of nitrogens with one attached hydrogen (secondary N) is 2. The Morgan fingerprint density at radius 3 is 2.62 bits per heavy atom. The van der Waals surface area contributed by atoms with Gasteiger partial charge in [0.25, 0.3) is 0 Å². The monoisotopic (exact) mass is 332 g/mol. The lowest BCUT2D eigenvalue weighted by atomic mass is 10.1. The Labute approximate surface area is 144 Å². The SMILES string of the molecule is CC(NC(=O)NCCC(=O)N(C)C)c1cccc(N2CCCC2)c1. The van der Waals surface area contributed by atoms with Gasteiger partial charge in [0.2, 0.25) is 5.91 Å². The van der Waals surface area contributed by atoms with Gasteiger partial charge in [0, 0.05) is 45.8 Å². The van der Waals surface area contributed by atoms with E-state index in [1.807, 2.05) is 19.1 Å². The molecule has 2 rings (SSSR count). The van der Waals surface area contributed by atoms with Gasteiger partial charge >= 0.3 is 6.03 Å². The minimum atomic E-state index is -0.249. The van der Waals surface area contributed by atoms with Crippen molar-refractivity contribution in [2.75, 3.05) is 38.6 Å². The average molecular weight is 332 g/mol. The van der Waals surface area contributed by atoms with Crippen LogP contribution in [0.5, 0.6) is 0 Å². The van der Waals surface area contributed by atoms with Crippen LogP contribution in [0.4, 0.5) is 10.5 Å². The van der Waals surface area contributed by atoms with Gasteiger partial charge in [0.1, 0.15) is 0 Å². The molecule has 1 aliphatic heterocycles. The standard InChI is InChI=1S/C18H28N4O2/c1-14(20-18(24)19-10-9-17(23)21(2)3)15-7-6-8-16(13-15)22-11-4-5-12-22/h6-8,13-14H,4-5,9-12H2,1-3H3,(H2,19,20,24). The molecular formula is C18H28N4O2. The highest BCUT2D eigenvalue weighted by molar-refractivity contribution is 5.78. The largest absolute Gasteiger partial charge is 0.372 e. The number of rotatable bonds is 6. The van der Waals surface area contributed by atoms with Crippen molar-refractivity contribution in [2.24, 2.45) is 0 Å². The molecule has 1 saturated heterocycles. The summed E-state index contributed by atoms with van der Waals surface area (Å²) in [6.45, 7) is 4.51. The Kier molecular flexibility index (Phi) is 6.46. The highest BCUT2D eigenvalue weighted by Crippen LogP contribution is 2.23. The van der Waals surface area contributed by atoms with Crippen molar-refractivity contribution in [1.82, 2.24) is 15.5 Å². The quantitative estimate of drug-likeness (QED) is 0.839. The molecule has 0 bridgehead atoms. The van der Waals surface area contributed by atoms with Gasteiger partial charge < -0.3 is 20.4 Å². The maximum Gasteiger partial charge on any atom is 0.315 e. The lowest BCUT2D eigenvalue weighted by Crippen LogP contribution is -2.38. The van der Waals surface area contributed by atoms with E-state index in [1.54, 1.807) is 14.1 Å². The van der Waals surface area contributed by atoms with Crippen molar-refractivity contribution in [3.8, 4) is 0 Å². The van der Waals surface area contributed by atoms with Crippen molar-refractivity contribution in [1.29, 1.82) is 0 Å². The van der Waals surface area contributed by atoms with Gasteiger partial charge in [-0.3, -0.25) is 4.79 Å². The van der Waals surface area contributed by atoms with Gasteiger partial charge in [-0.1, -0.05) is 12.1 Å². The zero-order valence-corrected chi connectivity index (χ0v) is 14.8. The Bertz CT molecular complexity index is 568. The van der Waals surface area contributed by atoms with Crippen molar-refractivity contribution in [3.05, 3.63) is 29.8 Å². The van der Waals surface area contributed by atoms with Gasteiger partial charge in [-0.25, -0.2) is 4.79 Å². The fourth-order valence-corrected chi connectivity index (χ4v) is 2.80. The molecule has 1 aromatic rings. The first kappa shape index (κ1) is 18.1. The molecule has 2 N–H and O–H groups in total. The molecule has 1 aliphatic rings. The molecular weight excluding hydrogens is 304 g/mol. The molecule has 3 amide bonds. The minimum absolute atomic E-state index is 0.00154. The van der Waals surface area contributed by atoms with Gasteiger partial charge in [-0.15, -0.1) is 0 Å². The predicted octanol–water partition coefficient (Wildman–Crippen LogP) is 2.13. The second-order valence-corrected chi connectivity index (χ2v) is 6.45. The Hall–Kier alpha value is -2.24. The normalized spacial score (nSPS) is 15.0. The van der Waals surface area contributed by atoms with Gasteiger partial charge in [-0.2, -0.15) is 0 Å². The van der Waals surface area contributed by atoms with Crippen LogP contribution in [0, 0.1) is 0 Å². The van der Waals surface area contributed by atoms with Gasteiger partial charge in [0.05, 0.1) is 6.04 Å². The number of anilines is 1. The van der Waals surface area contributed by atoms with Crippen LogP contribution in [0.3, 0.4) is 0 Å². The molecule has 0 saturated carbocycles. The Balaban J connectivity index is 1.83. The summed E-state index contributed by atoms with van der Waals surface area (Å²) in [6.07, 6.45) is 2.79. The van der Waals surface area contributed by atoms with E-state index >= 15 is 0 Å². The van der Waals surface area contributed by atoms with E-state index in [4.69, 9.17) is 0 Å². The van der Waals surface area contributed by atoms with Crippen LogP contribution in [0.1, 0.15) is 37.8 Å². The smallest absolute Gasteiger partial charge is 0.315 e. The molecule has 1 heterocycles. The van der Waals surface area contributed by atoms with Crippen LogP contribution in [0.2, 0.25) is 0 Å². The topological polar surface area (TPSA) is 64.7 Å². The number of amides is 3. The summed E-state index contributed by atoms with van der Waals surface area (Å²) >= 11 is 0. The highest BCUT2D eigenvalue weighted by Gasteiger charge is 2.15. The molecule has 6 nitrogen and oxygen atoms in total. The molecule has 6 heteroatoms. The molecule has 1 atom stereocenters.